The first-order chi connectivity index (χ1) is 7.74. The second kappa shape index (κ2) is 3.70. The van der Waals surface area contributed by atoms with Gasteiger partial charge in [0.1, 0.15) is 5.82 Å². The van der Waals surface area contributed by atoms with Gasteiger partial charge in [-0.25, -0.2) is 4.98 Å². The number of hydrogen-bond donors (Lipinski definition) is 0. The van der Waals surface area contributed by atoms with E-state index in [9.17, 15) is 0 Å². The summed E-state index contributed by atoms with van der Waals surface area (Å²) in [7, 11) is 2.22. The lowest BCUT2D eigenvalue weighted by atomic mass is 10.0. The molecule has 2 fully saturated rings. The van der Waals surface area contributed by atoms with Gasteiger partial charge in [-0.3, -0.25) is 4.98 Å². The van der Waals surface area contributed by atoms with Crippen LogP contribution in [0.15, 0.2) is 12.4 Å². The summed E-state index contributed by atoms with van der Waals surface area (Å²) in [6, 6.07) is 0. The Kier molecular flexibility index (Phi) is 2.32. The summed E-state index contributed by atoms with van der Waals surface area (Å²) in [6.45, 7) is 6.81. The largest absolute Gasteiger partial charge is 0.354 e. The van der Waals surface area contributed by atoms with E-state index in [1.54, 1.807) is 12.4 Å². The SMILES string of the molecule is Cc1nccnc1N1CC2CN(C)CC2C1. The molecule has 4 heteroatoms. The van der Waals surface area contributed by atoms with Crippen molar-refractivity contribution in [3.63, 3.8) is 0 Å². The molecule has 16 heavy (non-hydrogen) atoms. The van der Waals surface area contributed by atoms with Crippen molar-refractivity contribution in [1.29, 1.82) is 0 Å². The molecule has 3 rings (SSSR count). The first-order valence-electron chi connectivity index (χ1n) is 5.95. The molecule has 1 aromatic heterocycles. The predicted molar refractivity (Wildman–Crippen MR) is 63.5 cm³/mol. The molecule has 2 saturated heterocycles. The van der Waals surface area contributed by atoms with Crippen LogP contribution in [0.4, 0.5) is 5.82 Å². The van der Waals surface area contributed by atoms with E-state index in [1.165, 1.54) is 13.1 Å². The van der Waals surface area contributed by atoms with Gasteiger partial charge >= 0.3 is 0 Å². The molecular weight excluding hydrogens is 200 g/mol. The second-order valence-electron chi connectivity index (χ2n) is 5.11. The van der Waals surface area contributed by atoms with Crippen LogP contribution >= 0.6 is 0 Å². The van der Waals surface area contributed by atoms with Crippen LogP contribution in [-0.4, -0.2) is 48.1 Å². The first-order valence-corrected chi connectivity index (χ1v) is 5.95. The lowest BCUT2D eigenvalue weighted by Gasteiger charge is -2.21. The molecule has 86 valence electrons. The smallest absolute Gasteiger partial charge is 0.150 e. The molecule has 2 unspecified atom stereocenters. The van der Waals surface area contributed by atoms with Gasteiger partial charge in [0.05, 0.1) is 5.69 Å². The van der Waals surface area contributed by atoms with Crippen LogP contribution in [0.25, 0.3) is 0 Å². The van der Waals surface area contributed by atoms with Crippen molar-refractivity contribution in [3.05, 3.63) is 18.1 Å². The van der Waals surface area contributed by atoms with Crippen molar-refractivity contribution in [2.45, 2.75) is 6.92 Å². The van der Waals surface area contributed by atoms with Crippen LogP contribution in [0, 0.1) is 18.8 Å². The van der Waals surface area contributed by atoms with Gasteiger partial charge in [0.15, 0.2) is 0 Å². The van der Waals surface area contributed by atoms with E-state index in [2.05, 4.69) is 26.8 Å². The minimum Gasteiger partial charge on any atom is -0.354 e. The number of likely N-dealkylation sites (tertiary alicyclic amines) is 1. The van der Waals surface area contributed by atoms with E-state index in [0.717, 1.165) is 36.4 Å². The summed E-state index contributed by atoms with van der Waals surface area (Å²) in [4.78, 5) is 13.6. The predicted octanol–water partition coefficient (Wildman–Crippen LogP) is 0.783. The Hall–Kier alpha value is -1.16. The van der Waals surface area contributed by atoms with Crippen molar-refractivity contribution < 1.29 is 0 Å². The molecule has 0 spiro atoms. The van der Waals surface area contributed by atoms with Gasteiger partial charge in [-0.2, -0.15) is 0 Å². The third-order valence-electron chi connectivity index (χ3n) is 3.82. The number of nitrogens with zero attached hydrogens (tertiary/aromatic N) is 4. The maximum absolute atomic E-state index is 4.46. The zero-order chi connectivity index (χ0) is 11.1. The van der Waals surface area contributed by atoms with Gasteiger partial charge < -0.3 is 9.80 Å². The average Bonchev–Trinajstić information content (AvgIpc) is 2.75. The standard InChI is InChI=1S/C12H18N4/c1-9-12(14-4-3-13-9)16-7-10-5-15(2)6-11(10)8-16/h3-4,10-11H,5-8H2,1-2H3. The highest BCUT2D eigenvalue weighted by Crippen LogP contribution is 2.32. The van der Waals surface area contributed by atoms with Gasteiger partial charge in [0, 0.05) is 38.6 Å². The number of aryl methyl sites for hydroxylation is 1. The van der Waals surface area contributed by atoms with Crippen molar-refractivity contribution >= 4 is 5.82 Å². The molecule has 1 aromatic rings. The number of anilines is 1. The molecule has 0 N–H and O–H groups in total. The Balaban J connectivity index is 1.78. The maximum atomic E-state index is 4.46. The third kappa shape index (κ3) is 1.57. The van der Waals surface area contributed by atoms with Crippen molar-refractivity contribution in [2.24, 2.45) is 11.8 Å². The number of fused-ring (bicyclic) bond motifs is 1. The van der Waals surface area contributed by atoms with Crippen LogP contribution in [0.2, 0.25) is 0 Å². The van der Waals surface area contributed by atoms with Gasteiger partial charge in [-0.05, 0) is 25.8 Å². The third-order valence-corrected chi connectivity index (χ3v) is 3.82. The zero-order valence-corrected chi connectivity index (χ0v) is 9.93. The number of rotatable bonds is 1. The highest BCUT2D eigenvalue weighted by molar-refractivity contribution is 5.44. The Labute approximate surface area is 96.3 Å². The van der Waals surface area contributed by atoms with E-state index in [4.69, 9.17) is 0 Å². The van der Waals surface area contributed by atoms with E-state index in [1.807, 2.05) is 6.92 Å². The van der Waals surface area contributed by atoms with Crippen molar-refractivity contribution in [2.75, 3.05) is 38.1 Å². The lowest BCUT2D eigenvalue weighted by Crippen LogP contribution is -2.27. The van der Waals surface area contributed by atoms with Gasteiger partial charge in [-0.15, -0.1) is 0 Å². The van der Waals surface area contributed by atoms with Crippen LogP contribution in [0.1, 0.15) is 5.69 Å². The number of aromatic nitrogens is 2. The molecule has 0 radical (unpaired) electrons. The molecule has 2 aliphatic rings. The molecule has 0 aromatic carbocycles. The average molecular weight is 218 g/mol. The lowest BCUT2D eigenvalue weighted by molar-refractivity contribution is 0.387. The molecule has 0 aliphatic carbocycles. The molecule has 0 amide bonds. The topological polar surface area (TPSA) is 32.3 Å². The first kappa shape index (κ1) is 10.0. The van der Waals surface area contributed by atoms with Crippen LogP contribution in [-0.2, 0) is 0 Å². The van der Waals surface area contributed by atoms with Gasteiger partial charge in [0.25, 0.3) is 0 Å². The molecule has 3 heterocycles. The fraction of sp³-hybridized carbons (Fsp3) is 0.667. The highest BCUT2D eigenvalue weighted by atomic mass is 15.3. The van der Waals surface area contributed by atoms with Crippen molar-refractivity contribution in [1.82, 2.24) is 14.9 Å². The molecule has 4 nitrogen and oxygen atoms in total. The van der Waals surface area contributed by atoms with Crippen LogP contribution < -0.4 is 4.90 Å². The quantitative estimate of drug-likeness (QED) is 0.697. The van der Waals surface area contributed by atoms with Crippen LogP contribution in [0.3, 0.4) is 0 Å². The molecule has 2 atom stereocenters. The van der Waals surface area contributed by atoms with E-state index in [-0.39, 0.29) is 0 Å². The van der Waals surface area contributed by atoms with Crippen molar-refractivity contribution in [3.8, 4) is 0 Å². The summed E-state index contributed by atoms with van der Waals surface area (Å²) in [5, 5.41) is 0. The molecular formula is C12H18N4. The van der Waals surface area contributed by atoms with E-state index in [0.29, 0.717) is 0 Å². The molecule has 2 aliphatic heterocycles. The monoisotopic (exact) mass is 218 g/mol. The summed E-state index contributed by atoms with van der Waals surface area (Å²) in [5.41, 5.74) is 1.05. The zero-order valence-electron chi connectivity index (χ0n) is 9.93. The van der Waals surface area contributed by atoms with Gasteiger partial charge in [-0.1, -0.05) is 0 Å². The van der Waals surface area contributed by atoms with Gasteiger partial charge in [0.2, 0.25) is 0 Å². The normalized spacial score (nSPS) is 29.8. The fourth-order valence-corrected chi connectivity index (χ4v) is 3.11. The summed E-state index contributed by atoms with van der Waals surface area (Å²) in [6.07, 6.45) is 3.56. The summed E-state index contributed by atoms with van der Waals surface area (Å²) < 4.78 is 0. The van der Waals surface area contributed by atoms with E-state index < -0.39 is 0 Å². The second-order valence-corrected chi connectivity index (χ2v) is 5.11. The minimum atomic E-state index is 0.825. The summed E-state index contributed by atoms with van der Waals surface area (Å²) in [5.74, 6) is 2.73. The van der Waals surface area contributed by atoms with Crippen LogP contribution in [0.5, 0.6) is 0 Å². The maximum Gasteiger partial charge on any atom is 0.150 e. The molecule has 0 bridgehead atoms. The molecule has 0 saturated carbocycles. The minimum absolute atomic E-state index is 0.825. The van der Waals surface area contributed by atoms with E-state index >= 15 is 0 Å². The Bertz CT molecular complexity index is 378. The fourth-order valence-electron chi connectivity index (χ4n) is 3.11. The Morgan fingerprint density at radius 1 is 1.06 bits per heavy atom. The Morgan fingerprint density at radius 3 is 2.31 bits per heavy atom. The highest BCUT2D eigenvalue weighted by Gasteiger charge is 2.39. The number of hydrogen-bond acceptors (Lipinski definition) is 4. The Morgan fingerprint density at radius 2 is 1.69 bits per heavy atom. The summed E-state index contributed by atoms with van der Waals surface area (Å²) >= 11 is 0.